The van der Waals surface area contributed by atoms with Crippen molar-refractivity contribution in [3.8, 4) is 0 Å². The van der Waals surface area contributed by atoms with Gasteiger partial charge in [0.05, 0.1) is 10.4 Å². The van der Waals surface area contributed by atoms with Gasteiger partial charge in [0.1, 0.15) is 6.54 Å². The van der Waals surface area contributed by atoms with E-state index in [1.165, 1.54) is 0 Å². The number of alkyl halides is 3. The number of halogens is 3. The van der Waals surface area contributed by atoms with Crippen LogP contribution in [0.15, 0.2) is 0 Å². The van der Waals surface area contributed by atoms with Gasteiger partial charge in [-0.15, -0.1) is 0 Å². The van der Waals surface area contributed by atoms with Crippen molar-refractivity contribution < 1.29 is 18.0 Å². The highest BCUT2D eigenvalue weighted by Crippen LogP contribution is 2.38. The molecule has 0 unspecified atom stereocenters. The second-order valence-electron chi connectivity index (χ2n) is 5.73. The Kier molecular flexibility index (Phi) is 6.01. The largest absolute Gasteiger partial charge is 0.406 e. The summed E-state index contributed by atoms with van der Waals surface area (Å²) in [6.07, 6.45) is -1.08. The van der Waals surface area contributed by atoms with E-state index in [0.717, 1.165) is 4.90 Å². The Morgan fingerprint density at radius 3 is 2.00 bits per heavy atom. The van der Waals surface area contributed by atoms with Crippen LogP contribution in [-0.4, -0.2) is 34.6 Å². The fourth-order valence-corrected chi connectivity index (χ4v) is 3.06. The van der Waals surface area contributed by atoms with Crippen LogP contribution in [0, 0.1) is 5.41 Å². The molecule has 0 aromatic rings. The predicted molar refractivity (Wildman–Crippen MR) is 79.8 cm³/mol. The van der Waals surface area contributed by atoms with Crippen LogP contribution in [0.5, 0.6) is 0 Å². The molecule has 0 bridgehead atoms. The lowest BCUT2D eigenvalue weighted by atomic mass is 9.77. The van der Waals surface area contributed by atoms with Crippen molar-refractivity contribution in [3.63, 3.8) is 0 Å². The minimum Gasteiger partial charge on any atom is -0.392 e. The maximum absolute atomic E-state index is 12.8. The Balaban J connectivity index is 3.08. The molecule has 0 aliphatic heterocycles. The average Bonchev–Trinajstić information content (AvgIpc) is 3.17. The van der Waals surface area contributed by atoms with Crippen molar-refractivity contribution in [2.75, 3.05) is 6.54 Å². The lowest BCUT2D eigenvalue weighted by Gasteiger charge is -2.37. The van der Waals surface area contributed by atoms with E-state index in [0.29, 0.717) is 38.5 Å². The number of carbonyl (C=O) groups excluding carboxylic acids is 1. The molecule has 0 aromatic carbocycles. The molecule has 2 N–H and O–H groups in total. The first kappa shape index (κ1) is 18.2. The summed E-state index contributed by atoms with van der Waals surface area (Å²) >= 11 is 5.05. The van der Waals surface area contributed by atoms with Crippen LogP contribution in [0.25, 0.3) is 0 Å². The van der Waals surface area contributed by atoms with Gasteiger partial charge in [0.25, 0.3) is 0 Å². The van der Waals surface area contributed by atoms with E-state index in [2.05, 4.69) is 0 Å². The van der Waals surface area contributed by atoms with Crippen molar-refractivity contribution in [3.05, 3.63) is 0 Å². The van der Waals surface area contributed by atoms with Gasteiger partial charge in [0, 0.05) is 6.04 Å². The summed E-state index contributed by atoms with van der Waals surface area (Å²) < 4.78 is 38.3. The van der Waals surface area contributed by atoms with E-state index in [-0.39, 0.29) is 11.0 Å². The average molecular weight is 324 g/mol. The van der Waals surface area contributed by atoms with Crippen molar-refractivity contribution in [1.82, 2.24) is 4.90 Å². The van der Waals surface area contributed by atoms with E-state index in [9.17, 15) is 18.0 Å². The van der Waals surface area contributed by atoms with Gasteiger partial charge in [-0.05, 0) is 25.7 Å². The number of nitrogens with zero attached hydrogens (tertiary/aromatic N) is 1. The van der Waals surface area contributed by atoms with Crippen LogP contribution in [0.3, 0.4) is 0 Å². The van der Waals surface area contributed by atoms with Crippen LogP contribution >= 0.6 is 12.2 Å². The fraction of sp³-hybridized carbons (Fsp3) is 0.857. The summed E-state index contributed by atoms with van der Waals surface area (Å²) in [6, 6.07) is -0.318. The van der Waals surface area contributed by atoms with Gasteiger partial charge in [-0.1, -0.05) is 38.9 Å². The molecule has 0 radical (unpaired) electrons. The van der Waals surface area contributed by atoms with Crippen molar-refractivity contribution in [1.29, 1.82) is 0 Å². The van der Waals surface area contributed by atoms with E-state index in [4.69, 9.17) is 18.0 Å². The topological polar surface area (TPSA) is 46.3 Å². The zero-order valence-corrected chi connectivity index (χ0v) is 13.3. The second kappa shape index (κ2) is 6.94. The fourth-order valence-electron chi connectivity index (χ4n) is 2.77. The minimum atomic E-state index is -4.40. The number of rotatable bonds is 8. The Hall–Kier alpha value is -0.850. The van der Waals surface area contributed by atoms with Crippen molar-refractivity contribution >= 4 is 23.1 Å². The molecule has 0 saturated heterocycles. The number of hydrogen-bond donors (Lipinski definition) is 1. The van der Waals surface area contributed by atoms with Crippen LogP contribution in [0.4, 0.5) is 13.2 Å². The maximum Gasteiger partial charge on any atom is 0.406 e. The third-order valence-electron chi connectivity index (χ3n) is 3.83. The number of hydrogen-bond acceptors (Lipinski definition) is 2. The lowest BCUT2D eigenvalue weighted by Crippen LogP contribution is -2.53. The number of nitrogens with two attached hydrogens (primary N) is 1. The highest BCUT2D eigenvalue weighted by molar-refractivity contribution is 7.80. The van der Waals surface area contributed by atoms with Crippen LogP contribution in [0.1, 0.15) is 52.4 Å². The molecule has 0 atom stereocenters. The molecule has 1 fully saturated rings. The summed E-state index contributed by atoms with van der Waals surface area (Å²) in [6.45, 7) is 2.54. The Bertz CT molecular complexity index is 388. The minimum absolute atomic E-state index is 0.0176. The van der Waals surface area contributed by atoms with Crippen LogP contribution in [-0.2, 0) is 4.79 Å². The first-order valence-electron chi connectivity index (χ1n) is 7.35. The standard InChI is InChI=1S/C14H23F3N2OS/c1-3-7-13(8-4-2,11(18)21)12(20)19(10-5-6-10)9-14(15,16)17/h10H,3-9H2,1-2H3,(H2,18,21). The Morgan fingerprint density at radius 2 is 1.71 bits per heavy atom. The smallest absolute Gasteiger partial charge is 0.392 e. The van der Waals surface area contributed by atoms with E-state index in [1.807, 2.05) is 13.8 Å². The molecule has 0 aromatic heterocycles. The number of amides is 1. The SMILES string of the molecule is CCCC(CCC)(C(=O)N(CC(F)(F)F)C1CC1)C(N)=S. The van der Waals surface area contributed by atoms with Gasteiger partial charge in [-0.3, -0.25) is 4.79 Å². The van der Waals surface area contributed by atoms with Crippen molar-refractivity contribution in [2.45, 2.75) is 64.6 Å². The molecule has 1 aliphatic rings. The molecule has 1 amide bonds. The summed E-state index contributed by atoms with van der Waals surface area (Å²) in [4.78, 5) is 13.8. The van der Waals surface area contributed by atoms with Gasteiger partial charge < -0.3 is 10.6 Å². The molecule has 1 saturated carbocycles. The zero-order valence-electron chi connectivity index (χ0n) is 12.5. The summed E-state index contributed by atoms with van der Waals surface area (Å²) in [7, 11) is 0. The predicted octanol–water partition coefficient (Wildman–Crippen LogP) is 3.41. The molecular weight excluding hydrogens is 301 g/mol. The Labute approximate surface area is 129 Å². The van der Waals surface area contributed by atoms with Gasteiger partial charge in [0.2, 0.25) is 5.91 Å². The molecule has 0 heterocycles. The summed E-state index contributed by atoms with van der Waals surface area (Å²) in [5, 5.41) is 0. The normalized spacial score (nSPS) is 15.9. The highest BCUT2D eigenvalue weighted by atomic mass is 32.1. The van der Waals surface area contributed by atoms with Crippen LogP contribution < -0.4 is 5.73 Å². The molecule has 21 heavy (non-hydrogen) atoms. The molecule has 1 aliphatic carbocycles. The monoisotopic (exact) mass is 324 g/mol. The Morgan fingerprint density at radius 1 is 1.24 bits per heavy atom. The molecule has 122 valence electrons. The van der Waals surface area contributed by atoms with E-state index < -0.39 is 24.0 Å². The maximum atomic E-state index is 12.8. The van der Waals surface area contributed by atoms with Gasteiger partial charge in [0.15, 0.2) is 0 Å². The third-order valence-corrected chi connectivity index (χ3v) is 4.22. The third kappa shape index (κ3) is 4.56. The van der Waals surface area contributed by atoms with Gasteiger partial charge in [-0.2, -0.15) is 13.2 Å². The first-order chi connectivity index (χ1) is 9.68. The molecule has 0 spiro atoms. The van der Waals surface area contributed by atoms with Crippen LogP contribution in [0.2, 0.25) is 0 Å². The quantitative estimate of drug-likeness (QED) is 0.696. The first-order valence-corrected chi connectivity index (χ1v) is 7.76. The second-order valence-corrected chi connectivity index (χ2v) is 6.17. The molecule has 3 nitrogen and oxygen atoms in total. The van der Waals surface area contributed by atoms with Crippen molar-refractivity contribution in [2.24, 2.45) is 11.1 Å². The molecular formula is C14H23F3N2OS. The zero-order chi connectivity index (χ0) is 16.3. The summed E-state index contributed by atoms with van der Waals surface area (Å²) in [5.74, 6) is -0.543. The lowest BCUT2D eigenvalue weighted by molar-refractivity contribution is -0.167. The summed E-state index contributed by atoms with van der Waals surface area (Å²) in [5.41, 5.74) is 4.64. The highest BCUT2D eigenvalue weighted by Gasteiger charge is 2.49. The van der Waals surface area contributed by atoms with E-state index >= 15 is 0 Å². The molecule has 1 rings (SSSR count). The van der Waals surface area contributed by atoms with E-state index in [1.54, 1.807) is 0 Å². The van der Waals surface area contributed by atoms with Gasteiger partial charge >= 0.3 is 6.18 Å². The number of carbonyl (C=O) groups is 1. The number of thiocarbonyl (C=S) groups is 1. The molecule has 7 heteroatoms. The van der Waals surface area contributed by atoms with Gasteiger partial charge in [-0.25, -0.2) is 0 Å².